The highest BCUT2D eigenvalue weighted by Gasteiger charge is 2.02. The molecule has 0 rings (SSSR count). The average molecular weight is 563 g/mol. The van der Waals surface area contributed by atoms with Crippen LogP contribution in [0.25, 0.3) is 0 Å². The number of carbonyl (C=O) groups is 1. The summed E-state index contributed by atoms with van der Waals surface area (Å²) in [5.41, 5.74) is 0. The van der Waals surface area contributed by atoms with Crippen LogP contribution in [-0.4, -0.2) is 12.6 Å². The minimum absolute atomic E-state index is 0.0244. The molecule has 0 N–H and O–H groups in total. The van der Waals surface area contributed by atoms with Crippen molar-refractivity contribution in [3.05, 3.63) is 12.2 Å². The van der Waals surface area contributed by atoms with Crippen LogP contribution < -0.4 is 0 Å². The largest absolute Gasteiger partial charge is 0.466 e. The molecule has 238 valence electrons. The maximum atomic E-state index is 11.9. The van der Waals surface area contributed by atoms with E-state index in [1.165, 1.54) is 186 Å². The smallest absolute Gasteiger partial charge is 0.305 e. The van der Waals surface area contributed by atoms with E-state index >= 15 is 0 Å². The third-order valence-corrected chi connectivity index (χ3v) is 8.40. The van der Waals surface area contributed by atoms with E-state index in [4.69, 9.17) is 4.74 Å². The molecule has 0 atom stereocenters. The van der Waals surface area contributed by atoms with Crippen molar-refractivity contribution < 1.29 is 9.53 Å². The maximum absolute atomic E-state index is 11.9. The Kier molecular flexibility index (Phi) is 35.5. The Morgan fingerprint density at radius 3 is 1.07 bits per heavy atom. The number of esters is 1. The SMILES string of the molecule is CCCCCCCC/C=C/CCCCCCCCCCCCOC(=O)CCCCCCCCCCCCCCC. The lowest BCUT2D eigenvalue weighted by molar-refractivity contribution is -0.143. The molecule has 2 heteroatoms. The molecule has 0 aliphatic rings. The molecule has 0 bridgehead atoms. The molecular formula is C38H74O2. The van der Waals surface area contributed by atoms with Gasteiger partial charge in [-0.15, -0.1) is 0 Å². The Hall–Kier alpha value is -0.790. The topological polar surface area (TPSA) is 26.3 Å². The molecule has 2 nitrogen and oxygen atoms in total. The van der Waals surface area contributed by atoms with Crippen molar-refractivity contribution in [3.8, 4) is 0 Å². The highest BCUT2D eigenvalue weighted by Crippen LogP contribution is 2.14. The first-order valence-corrected chi connectivity index (χ1v) is 18.6. The van der Waals surface area contributed by atoms with Crippen molar-refractivity contribution in [2.24, 2.45) is 0 Å². The third kappa shape index (κ3) is 35.2. The Labute approximate surface area is 253 Å². The number of unbranched alkanes of at least 4 members (excludes halogenated alkanes) is 28. The Bertz CT molecular complexity index is 498. The molecule has 0 radical (unpaired) electrons. The van der Waals surface area contributed by atoms with E-state index in [0.717, 1.165) is 12.8 Å². The zero-order valence-corrected chi connectivity index (χ0v) is 27.8. The molecule has 0 aromatic rings. The predicted molar refractivity (Wildman–Crippen MR) is 179 cm³/mol. The van der Waals surface area contributed by atoms with Gasteiger partial charge in [-0.2, -0.15) is 0 Å². The summed E-state index contributed by atoms with van der Waals surface area (Å²) in [6.45, 7) is 5.20. The van der Waals surface area contributed by atoms with Crippen LogP contribution in [0, 0.1) is 0 Å². The minimum Gasteiger partial charge on any atom is -0.466 e. The van der Waals surface area contributed by atoms with E-state index in [2.05, 4.69) is 26.0 Å². The van der Waals surface area contributed by atoms with E-state index < -0.39 is 0 Å². The standard InChI is InChI=1S/C38H74O2/c1-3-5-7-9-11-13-15-17-18-19-20-21-22-23-25-27-29-31-33-35-37-40-38(39)36-34-32-30-28-26-24-16-14-12-10-8-6-4-2/h17-18H,3-16,19-37H2,1-2H3/b18-17+. The van der Waals surface area contributed by atoms with Crippen molar-refractivity contribution in [1.82, 2.24) is 0 Å². The maximum Gasteiger partial charge on any atom is 0.305 e. The molecule has 0 spiro atoms. The summed E-state index contributed by atoms with van der Waals surface area (Å²) in [4.78, 5) is 11.9. The molecule has 0 saturated carbocycles. The van der Waals surface area contributed by atoms with Crippen LogP contribution in [0.4, 0.5) is 0 Å². The van der Waals surface area contributed by atoms with Gasteiger partial charge in [0.15, 0.2) is 0 Å². The predicted octanol–water partition coefficient (Wildman–Crippen LogP) is 13.6. The van der Waals surface area contributed by atoms with Crippen molar-refractivity contribution in [1.29, 1.82) is 0 Å². The fourth-order valence-corrected chi connectivity index (χ4v) is 5.60. The Morgan fingerprint density at radius 1 is 0.400 bits per heavy atom. The van der Waals surface area contributed by atoms with Gasteiger partial charge < -0.3 is 4.74 Å². The molecule has 0 aromatic heterocycles. The van der Waals surface area contributed by atoms with Gasteiger partial charge in [0.25, 0.3) is 0 Å². The van der Waals surface area contributed by atoms with Gasteiger partial charge in [-0.3, -0.25) is 4.79 Å². The normalized spacial score (nSPS) is 11.6. The number of ether oxygens (including phenoxy) is 1. The van der Waals surface area contributed by atoms with Gasteiger partial charge in [-0.25, -0.2) is 0 Å². The van der Waals surface area contributed by atoms with Crippen LogP contribution >= 0.6 is 0 Å². The van der Waals surface area contributed by atoms with Crippen LogP contribution in [0.5, 0.6) is 0 Å². The molecule has 0 heterocycles. The van der Waals surface area contributed by atoms with Gasteiger partial charge in [-0.05, 0) is 38.5 Å². The summed E-state index contributed by atoms with van der Waals surface area (Å²) in [7, 11) is 0. The number of allylic oxidation sites excluding steroid dienone is 2. The van der Waals surface area contributed by atoms with Crippen LogP contribution in [0.3, 0.4) is 0 Å². The highest BCUT2D eigenvalue weighted by atomic mass is 16.5. The van der Waals surface area contributed by atoms with Gasteiger partial charge in [0.2, 0.25) is 0 Å². The van der Waals surface area contributed by atoms with Gasteiger partial charge >= 0.3 is 5.97 Å². The number of hydrogen-bond donors (Lipinski definition) is 0. The zero-order chi connectivity index (χ0) is 29.0. The van der Waals surface area contributed by atoms with Crippen molar-refractivity contribution >= 4 is 5.97 Å². The molecule has 0 aliphatic heterocycles. The molecule has 0 saturated heterocycles. The summed E-state index contributed by atoms with van der Waals surface area (Å²) >= 11 is 0. The lowest BCUT2D eigenvalue weighted by atomic mass is 10.0. The summed E-state index contributed by atoms with van der Waals surface area (Å²) in [5, 5.41) is 0. The van der Waals surface area contributed by atoms with Crippen LogP contribution in [-0.2, 0) is 9.53 Å². The average Bonchev–Trinajstić information content (AvgIpc) is 2.96. The van der Waals surface area contributed by atoms with Gasteiger partial charge in [0.05, 0.1) is 6.61 Å². The van der Waals surface area contributed by atoms with E-state index in [0.29, 0.717) is 13.0 Å². The van der Waals surface area contributed by atoms with Crippen LogP contribution in [0.15, 0.2) is 12.2 Å². The number of carbonyl (C=O) groups excluding carboxylic acids is 1. The quantitative estimate of drug-likeness (QED) is 0.0443. The fraction of sp³-hybridized carbons (Fsp3) is 0.921. The summed E-state index contributed by atoms with van der Waals surface area (Å²) in [6.07, 6.45) is 47.1. The minimum atomic E-state index is 0.0244. The zero-order valence-electron chi connectivity index (χ0n) is 27.8. The molecular weight excluding hydrogens is 488 g/mol. The third-order valence-electron chi connectivity index (χ3n) is 8.40. The molecule has 0 unspecified atom stereocenters. The van der Waals surface area contributed by atoms with E-state index in [1.807, 2.05) is 0 Å². The lowest BCUT2D eigenvalue weighted by Gasteiger charge is -2.06. The van der Waals surface area contributed by atoms with Crippen LogP contribution in [0.1, 0.15) is 219 Å². The Morgan fingerprint density at radius 2 is 0.700 bits per heavy atom. The first-order valence-electron chi connectivity index (χ1n) is 18.6. The fourth-order valence-electron chi connectivity index (χ4n) is 5.60. The van der Waals surface area contributed by atoms with Crippen LogP contribution in [0.2, 0.25) is 0 Å². The second-order valence-electron chi connectivity index (χ2n) is 12.6. The van der Waals surface area contributed by atoms with E-state index in [1.54, 1.807) is 0 Å². The van der Waals surface area contributed by atoms with Gasteiger partial charge in [0.1, 0.15) is 0 Å². The van der Waals surface area contributed by atoms with Gasteiger partial charge in [-0.1, -0.05) is 187 Å². The van der Waals surface area contributed by atoms with Crippen molar-refractivity contribution in [3.63, 3.8) is 0 Å². The monoisotopic (exact) mass is 563 g/mol. The molecule has 0 aromatic carbocycles. The molecule has 0 fully saturated rings. The van der Waals surface area contributed by atoms with E-state index in [9.17, 15) is 4.79 Å². The number of hydrogen-bond acceptors (Lipinski definition) is 2. The summed E-state index contributed by atoms with van der Waals surface area (Å²) < 4.78 is 5.44. The Balaban J connectivity index is 3.17. The second kappa shape index (κ2) is 36.2. The highest BCUT2D eigenvalue weighted by molar-refractivity contribution is 5.69. The molecule has 40 heavy (non-hydrogen) atoms. The van der Waals surface area contributed by atoms with Gasteiger partial charge in [0, 0.05) is 6.42 Å². The first kappa shape index (κ1) is 39.2. The lowest BCUT2D eigenvalue weighted by Crippen LogP contribution is -2.05. The molecule has 0 aliphatic carbocycles. The number of rotatable bonds is 34. The summed E-state index contributed by atoms with van der Waals surface area (Å²) in [5.74, 6) is 0.0244. The van der Waals surface area contributed by atoms with Crippen molar-refractivity contribution in [2.45, 2.75) is 219 Å². The van der Waals surface area contributed by atoms with E-state index in [-0.39, 0.29) is 5.97 Å². The summed E-state index contributed by atoms with van der Waals surface area (Å²) in [6, 6.07) is 0. The molecule has 0 amide bonds. The second-order valence-corrected chi connectivity index (χ2v) is 12.6. The van der Waals surface area contributed by atoms with Crippen molar-refractivity contribution in [2.75, 3.05) is 6.61 Å². The first-order chi connectivity index (χ1) is 19.8.